The van der Waals surface area contributed by atoms with E-state index in [1.807, 2.05) is 16.5 Å². The van der Waals surface area contributed by atoms with Crippen molar-refractivity contribution < 1.29 is 19.4 Å². The van der Waals surface area contributed by atoms with Gasteiger partial charge in [-0.15, -0.1) is 0 Å². The van der Waals surface area contributed by atoms with Crippen molar-refractivity contribution in [3.05, 3.63) is 23.5 Å². The van der Waals surface area contributed by atoms with Crippen molar-refractivity contribution in [1.29, 1.82) is 0 Å². The van der Waals surface area contributed by atoms with Crippen LogP contribution in [-0.2, 0) is 16.6 Å². The van der Waals surface area contributed by atoms with Crippen LogP contribution in [0.4, 0.5) is 5.69 Å². The van der Waals surface area contributed by atoms with Gasteiger partial charge in [0.05, 0.1) is 23.9 Å². The molecule has 2 N–H and O–H groups in total. The van der Waals surface area contributed by atoms with Gasteiger partial charge >= 0.3 is 0 Å². The van der Waals surface area contributed by atoms with Crippen LogP contribution in [0.2, 0.25) is 0 Å². The van der Waals surface area contributed by atoms with Crippen LogP contribution in [0.15, 0.2) is 12.1 Å². The van der Waals surface area contributed by atoms with E-state index in [0.29, 0.717) is 38.0 Å². The molecule has 0 spiro atoms. The van der Waals surface area contributed by atoms with Gasteiger partial charge in [0.1, 0.15) is 12.1 Å². The molecule has 2 heterocycles. The van der Waals surface area contributed by atoms with Gasteiger partial charge in [0, 0.05) is 39.8 Å². The summed E-state index contributed by atoms with van der Waals surface area (Å²) in [4.78, 5) is 34.7. The van der Waals surface area contributed by atoms with Gasteiger partial charge in [-0.3, -0.25) is 9.59 Å². The van der Waals surface area contributed by atoms with E-state index in [9.17, 15) is 14.7 Å². The van der Waals surface area contributed by atoms with Gasteiger partial charge in [-0.25, -0.2) is 4.98 Å². The summed E-state index contributed by atoms with van der Waals surface area (Å²) in [5.41, 5.74) is 3.90. The van der Waals surface area contributed by atoms with Gasteiger partial charge in [0.15, 0.2) is 5.82 Å². The highest BCUT2D eigenvalue weighted by Crippen LogP contribution is 2.42. The number of carbonyl (C=O) groups is 2. The first-order valence-electron chi connectivity index (χ1n) is 12.5. The summed E-state index contributed by atoms with van der Waals surface area (Å²) >= 11 is 0. The highest BCUT2D eigenvalue weighted by molar-refractivity contribution is 6.00. The SMILES string of the molecule is COCCNc1cc(C2CC2)cc2c1nc(C(=O)N1CCN(C3CCC(O)CC3)C(=O)C1)n2C. The lowest BCUT2D eigenvalue weighted by atomic mass is 9.91. The van der Waals surface area contributed by atoms with E-state index in [-0.39, 0.29) is 30.5 Å². The van der Waals surface area contributed by atoms with Gasteiger partial charge in [0.2, 0.25) is 5.91 Å². The number of carbonyl (C=O) groups excluding carboxylic acids is 2. The third kappa shape index (κ3) is 4.51. The first-order valence-corrected chi connectivity index (χ1v) is 12.5. The number of anilines is 1. The van der Waals surface area contributed by atoms with Gasteiger partial charge in [-0.2, -0.15) is 0 Å². The fourth-order valence-electron chi connectivity index (χ4n) is 5.33. The number of nitrogens with one attached hydrogen (secondary N) is 1. The average molecular weight is 470 g/mol. The molecule has 1 saturated heterocycles. The monoisotopic (exact) mass is 469 g/mol. The number of hydrogen-bond acceptors (Lipinski definition) is 6. The number of ether oxygens (including phenoxy) is 1. The standard InChI is InChI=1S/C25H35N5O4/c1-28-21-14-17(16-3-4-16)13-20(26-9-12-34-2)23(21)27-24(28)25(33)29-10-11-30(22(32)15-29)18-5-7-19(31)8-6-18/h13-14,16,18-19,26,31H,3-12,15H2,1-2H3. The Morgan fingerprint density at radius 3 is 2.62 bits per heavy atom. The van der Waals surface area contributed by atoms with Crippen molar-refractivity contribution in [3.8, 4) is 0 Å². The molecule has 3 fully saturated rings. The van der Waals surface area contributed by atoms with Gasteiger partial charge in [-0.05, 0) is 62.1 Å². The Balaban J connectivity index is 1.35. The van der Waals surface area contributed by atoms with Crippen LogP contribution < -0.4 is 5.32 Å². The maximum Gasteiger partial charge on any atom is 0.290 e. The van der Waals surface area contributed by atoms with E-state index in [4.69, 9.17) is 9.72 Å². The third-order valence-corrected chi connectivity index (χ3v) is 7.52. The van der Waals surface area contributed by atoms with Crippen LogP contribution in [0.5, 0.6) is 0 Å². The van der Waals surface area contributed by atoms with E-state index in [0.717, 1.165) is 42.4 Å². The second kappa shape index (κ2) is 9.54. The second-order valence-corrected chi connectivity index (χ2v) is 9.90. The predicted molar refractivity (Wildman–Crippen MR) is 129 cm³/mol. The molecule has 2 aliphatic carbocycles. The van der Waals surface area contributed by atoms with Crippen molar-refractivity contribution in [2.75, 3.05) is 45.2 Å². The number of aromatic nitrogens is 2. The fraction of sp³-hybridized carbons (Fsp3) is 0.640. The molecule has 0 unspecified atom stereocenters. The number of imidazole rings is 1. The first-order chi connectivity index (χ1) is 16.5. The number of aryl methyl sites for hydroxylation is 1. The van der Waals surface area contributed by atoms with Crippen molar-refractivity contribution in [3.63, 3.8) is 0 Å². The Morgan fingerprint density at radius 1 is 1.18 bits per heavy atom. The number of fused-ring (bicyclic) bond motifs is 1. The lowest BCUT2D eigenvalue weighted by Gasteiger charge is -2.41. The molecule has 1 aromatic carbocycles. The molecule has 1 aliphatic heterocycles. The first kappa shape index (κ1) is 23.1. The largest absolute Gasteiger partial charge is 0.393 e. The van der Waals surface area contributed by atoms with Crippen LogP contribution in [-0.4, -0.2) is 88.3 Å². The topological polar surface area (TPSA) is 99.9 Å². The molecule has 0 atom stereocenters. The Kier molecular flexibility index (Phi) is 6.48. The molecule has 3 aliphatic rings. The van der Waals surface area contributed by atoms with Gasteiger partial charge < -0.3 is 29.5 Å². The number of hydrogen-bond donors (Lipinski definition) is 2. The summed E-state index contributed by atoms with van der Waals surface area (Å²) in [6, 6.07) is 4.48. The lowest BCUT2D eigenvalue weighted by molar-refractivity contribution is -0.138. The van der Waals surface area contributed by atoms with Gasteiger partial charge in [-0.1, -0.05) is 0 Å². The Labute approximate surface area is 200 Å². The quantitative estimate of drug-likeness (QED) is 0.603. The van der Waals surface area contributed by atoms with E-state index in [2.05, 4.69) is 17.4 Å². The summed E-state index contributed by atoms with van der Waals surface area (Å²) in [6.07, 6.45) is 5.27. The fourth-order valence-corrected chi connectivity index (χ4v) is 5.33. The van der Waals surface area contributed by atoms with E-state index in [1.54, 1.807) is 12.0 Å². The highest BCUT2D eigenvalue weighted by atomic mass is 16.5. The number of nitrogens with zero attached hydrogens (tertiary/aromatic N) is 4. The predicted octanol–water partition coefficient (Wildman–Crippen LogP) is 2.10. The normalized spacial score (nSPS) is 23.6. The van der Waals surface area contributed by atoms with Gasteiger partial charge in [0.25, 0.3) is 5.91 Å². The number of aliphatic hydroxyl groups excluding tert-OH is 1. The molecule has 0 bridgehead atoms. The minimum absolute atomic E-state index is 0.0160. The molecular formula is C25H35N5O4. The molecule has 2 amide bonds. The summed E-state index contributed by atoms with van der Waals surface area (Å²) < 4.78 is 7.05. The Hall–Kier alpha value is -2.65. The van der Waals surface area contributed by atoms with Crippen LogP contribution in [0.3, 0.4) is 0 Å². The lowest BCUT2D eigenvalue weighted by Crippen LogP contribution is -2.56. The Bertz CT molecular complexity index is 1070. The molecule has 9 nitrogen and oxygen atoms in total. The molecular weight excluding hydrogens is 434 g/mol. The molecule has 184 valence electrons. The number of amides is 2. The van der Waals surface area contributed by atoms with Crippen LogP contribution >= 0.6 is 0 Å². The molecule has 2 aromatic rings. The minimum Gasteiger partial charge on any atom is -0.393 e. The number of aliphatic hydroxyl groups is 1. The van der Waals surface area contributed by atoms with Crippen LogP contribution in [0.25, 0.3) is 11.0 Å². The average Bonchev–Trinajstić information content (AvgIpc) is 3.63. The number of piperazine rings is 1. The van der Waals surface area contributed by atoms with Crippen LogP contribution in [0.1, 0.15) is 60.6 Å². The summed E-state index contributed by atoms with van der Waals surface area (Å²) in [5, 5.41) is 13.2. The minimum atomic E-state index is -0.249. The van der Waals surface area contributed by atoms with Crippen molar-refractivity contribution in [1.82, 2.24) is 19.4 Å². The second-order valence-electron chi connectivity index (χ2n) is 9.90. The highest BCUT2D eigenvalue weighted by Gasteiger charge is 2.35. The van der Waals surface area contributed by atoms with Crippen molar-refractivity contribution >= 4 is 28.5 Å². The summed E-state index contributed by atoms with van der Waals surface area (Å²) in [6.45, 7) is 2.35. The zero-order valence-corrected chi connectivity index (χ0v) is 20.1. The molecule has 5 rings (SSSR count). The summed E-state index contributed by atoms with van der Waals surface area (Å²) in [7, 11) is 3.55. The Morgan fingerprint density at radius 2 is 1.94 bits per heavy atom. The zero-order valence-electron chi connectivity index (χ0n) is 20.1. The molecule has 2 saturated carbocycles. The molecule has 0 radical (unpaired) electrons. The smallest absolute Gasteiger partial charge is 0.290 e. The van der Waals surface area contributed by atoms with Crippen molar-refractivity contribution in [2.45, 2.75) is 56.6 Å². The zero-order chi connectivity index (χ0) is 23.8. The molecule has 34 heavy (non-hydrogen) atoms. The maximum atomic E-state index is 13.5. The number of benzene rings is 1. The van der Waals surface area contributed by atoms with E-state index >= 15 is 0 Å². The third-order valence-electron chi connectivity index (χ3n) is 7.52. The van der Waals surface area contributed by atoms with Crippen molar-refractivity contribution in [2.24, 2.45) is 7.05 Å². The molecule has 9 heteroatoms. The van der Waals surface area contributed by atoms with E-state index < -0.39 is 0 Å². The summed E-state index contributed by atoms with van der Waals surface area (Å²) in [5.74, 6) is 0.715. The maximum absolute atomic E-state index is 13.5. The molecule has 1 aromatic heterocycles. The van der Waals surface area contributed by atoms with E-state index in [1.165, 1.54) is 18.4 Å². The number of rotatable bonds is 7. The number of methoxy groups -OCH3 is 1. The van der Waals surface area contributed by atoms with Crippen LogP contribution in [0, 0.1) is 0 Å².